The molecule has 1 fully saturated rings. The zero-order valence-corrected chi connectivity index (χ0v) is 11.6. The summed E-state index contributed by atoms with van der Waals surface area (Å²) >= 11 is 12.1. The minimum absolute atomic E-state index is 0.517. The molecule has 94 valence electrons. The number of anilines is 1. The van der Waals surface area contributed by atoms with E-state index in [2.05, 4.69) is 28.9 Å². The Kier molecular flexibility index (Phi) is 4.55. The average molecular weight is 273 g/mol. The summed E-state index contributed by atoms with van der Waals surface area (Å²) in [7, 11) is 0. The molecule has 0 saturated carbocycles. The minimum atomic E-state index is 0.517. The SMILES string of the molecule is CCN1CCN(c2ccc(CCl)cc2Cl)CC1. The minimum Gasteiger partial charge on any atom is -0.368 e. The van der Waals surface area contributed by atoms with Crippen molar-refractivity contribution in [1.29, 1.82) is 0 Å². The molecule has 2 nitrogen and oxygen atoms in total. The molecule has 0 atom stereocenters. The van der Waals surface area contributed by atoms with Gasteiger partial charge in [0.05, 0.1) is 10.7 Å². The maximum Gasteiger partial charge on any atom is 0.0642 e. The van der Waals surface area contributed by atoms with Gasteiger partial charge in [-0.15, -0.1) is 11.6 Å². The first-order valence-corrected chi connectivity index (χ1v) is 6.97. The normalized spacial score (nSPS) is 17.5. The van der Waals surface area contributed by atoms with E-state index in [0.29, 0.717) is 5.88 Å². The Hall–Kier alpha value is -0.440. The van der Waals surface area contributed by atoms with Gasteiger partial charge >= 0.3 is 0 Å². The molecule has 0 aliphatic carbocycles. The summed E-state index contributed by atoms with van der Waals surface area (Å²) in [4.78, 5) is 4.81. The molecule has 0 spiro atoms. The maximum absolute atomic E-state index is 6.30. The molecule has 1 saturated heterocycles. The molecule has 0 aromatic heterocycles. The third-order valence-corrected chi connectivity index (χ3v) is 3.94. The zero-order valence-electron chi connectivity index (χ0n) is 10.1. The number of hydrogen-bond donors (Lipinski definition) is 0. The third kappa shape index (κ3) is 3.06. The van der Waals surface area contributed by atoms with E-state index in [1.807, 2.05) is 6.07 Å². The summed E-state index contributed by atoms with van der Waals surface area (Å²) in [5, 5.41) is 0.813. The van der Waals surface area contributed by atoms with Crippen LogP contribution in [-0.2, 0) is 5.88 Å². The van der Waals surface area contributed by atoms with Crippen molar-refractivity contribution in [3.8, 4) is 0 Å². The number of piperazine rings is 1. The fourth-order valence-corrected chi connectivity index (χ4v) is 2.68. The van der Waals surface area contributed by atoms with Crippen LogP contribution in [0.15, 0.2) is 18.2 Å². The fourth-order valence-electron chi connectivity index (χ4n) is 2.19. The molecule has 0 N–H and O–H groups in total. The summed E-state index contributed by atoms with van der Waals surface area (Å²) in [5.41, 5.74) is 2.21. The summed E-state index contributed by atoms with van der Waals surface area (Å²) in [5.74, 6) is 0.517. The Morgan fingerprint density at radius 2 is 1.88 bits per heavy atom. The number of alkyl halides is 1. The molecular formula is C13H18Cl2N2. The van der Waals surface area contributed by atoms with Crippen LogP contribution in [0.2, 0.25) is 5.02 Å². The molecule has 0 radical (unpaired) electrons. The Balaban J connectivity index is 2.08. The first kappa shape index (κ1) is 13.0. The molecule has 17 heavy (non-hydrogen) atoms. The monoisotopic (exact) mass is 272 g/mol. The molecule has 4 heteroatoms. The molecular weight excluding hydrogens is 255 g/mol. The van der Waals surface area contributed by atoms with Crippen LogP contribution in [0.25, 0.3) is 0 Å². The number of likely N-dealkylation sites (N-methyl/N-ethyl adjacent to an activating group) is 1. The van der Waals surface area contributed by atoms with Crippen LogP contribution in [0.4, 0.5) is 5.69 Å². The van der Waals surface area contributed by atoms with E-state index in [-0.39, 0.29) is 0 Å². The van der Waals surface area contributed by atoms with Crippen molar-refractivity contribution in [3.63, 3.8) is 0 Å². The molecule has 1 aliphatic heterocycles. The second-order valence-corrected chi connectivity index (χ2v) is 5.02. The topological polar surface area (TPSA) is 6.48 Å². The van der Waals surface area contributed by atoms with Gasteiger partial charge in [0.15, 0.2) is 0 Å². The number of halogens is 2. The zero-order chi connectivity index (χ0) is 12.3. The lowest BCUT2D eigenvalue weighted by atomic mass is 10.2. The fraction of sp³-hybridized carbons (Fsp3) is 0.538. The predicted molar refractivity (Wildman–Crippen MR) is 75.3 cm³/mol. The van der Waals surface area contributed by atoms with E-state index in [9.17, 15) is 0 Å². The third-order valence-electron chi connectivity index (χ3n) is 3.33. The van der Waals surface area contributed by atoms with Crippen molar-refractivity contribution in [2.75, 3.05) is 37.6 Å². The van der Waals surface area contributed by atoms with Crippen LogP contribution in [0.5, 0.6) is 0 Å². The van der Waals surface area contributed by atoms with Gasteiger partial charge in [-0.1, -0.05) is 24.6 Å². The van der Waals surface area contributed by atoms with E-state index in [1.165, 1.54) is 0 Å². The van der Waals surface area contributed by atoms with Gasteiger partial charge in [0, 0.05) is 32.1 Å². The van der Waals surface area contributed by atoms with E-state index in [0.717, 1.165) is 49.0 Å². The van der Waals surface area contributed by atoms with Gasteiger partial charge < -0.3 is 9.80 Å². The lowest BCUT2D eigenvalue weighted by Crippen LogP contribution is -2.46. The first-order valence-electron chi connectivity index (χ1n) is 6.06. The number of rotatable bonds is 3. The van der Waals surface area contributed by atoms with Gasteiger partial charge in [0.2, 0.25) is 0 Å². The number of hydrogen-bond acceptors (Lipinski definition) is 2. The first-order chi connectivity index (χ1) is 8.24. The van der Waals surface area contributed by atoms with Gasteiger partial charge in [-0.25, -0.2) is 0 Å². The Labute approximate surface area is 113 Å². The van der Waals surface area contributed by atoms with E-state index in [4.69, 9.17) is 23.2 Å². The molecule has 0 bridgehead atoms. The lowest BCUT2D eigenvalue weighted by molar-refractivity contribution is 0.271. The van der Waals surface area contributed by atoms with E-state index in [1.54, 1.807) is 0 Å². The van der Waals surface area contributed by atoms with Gasteiger partial charge in [-0.05, 0) is 24.2 Å². The summed E-state index contributed by atoms with van der Waals surface area (Å²) in [6, 6.07) is 6.11. The molecule has 0 amide bonds. The quantitative estimate of drug-likeness (QED) is 0.780. The average Bonchev–Trinajstić information content (AvgIpc) is 2.39. The molecule has 1 aromatic carbocycles. The standard InChI is InChI=1S/C13H18Cl2N2/c1-2-16-5-7-17(8-6-16)13-4-3-11(10-14)9-12(13)15/h3-4,9H,2,5-8,10H2,1H3. The van der Waals surface area contributed by atoms with Gasteiger partial charge in [0.25, 0.3) is 0 Å². The van der Waals surface area contributed by atoms with Gasteiger partial charge in [-0.3, -0.25) is 0 Å². The molecule has 1 aliphatic rings. The highest BCUT2D eigenvalue weighted by molar-refractivity contribution is 6.33. The van der Waals surface area contributed by atoms with Crippen molar-refractivity contribution >= 4 is 28.9 Å². The van der Waals surface area contributed by atoms with Crippen LogP contribution < -0.4 is 4.90 Å². The highest BCUT2D eigenvalue weighted by Crippen LogP contribution is 2.28. The largest absolute Gasteiger partial charge is 0.368 e. The van der Waals surface area contributed by atoms with Crippen LogP contribution in [0.1, 0.15) is 12.5 Å². The highest BCUT2D eigenvalue weighted by atomic mass is 35.5. The Morgan fingerprint density at radius 1 is 1.18 bits per heavy atom. The van der Waals surface area contributed by atoms with Gasteiger partial charge in [-0.2, -0.15) is 0 Å². The molecule has 2 rings (SSSR count). The molecule has 1 heterocycles. The van der Waals surface area contributed by atoms with Crippen LogP contribution in [-0.4, -0.2) is 37.6 Å². The van der Waals surface area contributed by atoms with Crippen molar-refractivity contribution in [2.45, 2.75) is 12.8 Å². The predicted octanol–water partition coefficient (Wildman–Crippen LogP) is 3.22. The summed E-state index contributed by atoms with van der Waals surface area (Å²) < 4.78 is 0. The second kappa shape index (κ2) is 5.94. The van der Waals surface area contributed by atoms with Crippen molar-refractivity contribution in [2.24, 2.45) is 0 Å². The van der Waals surface area contributed by atoms with Crippen molar-refractivity contribution in [3.05, 3.63) is 28.8 Å². The lowest BCUT2D eigenvalue weighted by Gasteiger charge is -2.36. The van der Waals surface area contributed by atoms with Crippen molar-refractivity contribution < 1.29 is 0 Å². The number of benzene rings is 1. The van der Waals surface area contributed by atoms with Crippen LogP contribution >= 0.6 is 23.2 Å². The Bertz CT molecular complexity index is 374. The van der Waals surface area contributed by atoms with Crippen LogP contribution in [0, 0.1) is 0 Å². The number of nitrogens with zero attached hydrogens (tertiary/aromatic N) is 2. The van der Waals surface area contributed by atoms with Crippen LogP contribution in [0.3, 0.4) is 0 Å². The summed E-state index contributed by atoms with van der Waals surface area (Å²) in [6.45, 7) is 7.67. The molecule has 1 aromatic rings. The second-order valence-electron chi connectivity index (χ2n) is 4.34. The summed E-state index contributed by atoms with van der Waals surface area (Å²) in [6.07, 6.45) is 0. The van der Waals surface area contributed by atoms with E-state index < -0.39 is 0 Å². The maximum atomic E-state index is 6.30. The smallest absolute Gasteiger partial charge is 0.0642 e. The van der Waals surface area contributed by atoms with Crippen molar-refractivity contribution in [1.82, 2.24) is 4.90 Å². The highest BCUT2D eigenvalue weighted by Gasteiger charge is 2.17. The van der Waals surface area contributed by atoms with E-state index >= 15 is 0 Å². The van der Waals surface area contributed by atoms with Gasteiger partial charge in [0.1, 0.15) is 0 Å². The Morgan fingerprint density at radius 3 is 2.41 bits per heavy atom. The molecule has 0 unspecified atom stereocenters.